The molecule has 0 unspecified atom stereocenters. The van der Waals surface area contributed by atoms with Crippen molar-refractivity contribution in [2.75, 3.05) is 19.8 Å². The summed E-state index contributed by atoms with van der Waals surface area (Å²) in [6, 6.07) is 0. The molecule has 1 aliphatic rings. The first kappa shape index (κ1) is 10.6. The molecule has 2 rings (SSSR count). The van der Waals surface area contributed by atoms with Gasteiger partial charge in [0.05, 0.1) is 0 Å². The Hall–Kier alpha value is -0.940. The molecule has 1 aliphatic heterocycles. The number of aromatic nitrogens is 2. The van der Waals surface area contributed by atoms with Gasteiger partial charge in [0.25, 0.3) is 0 Å². The highest BCUT2D eigenvalue weighted by Gasteiger charge is 2.21. The largest absolute Gasteiger partial charge is 0.381 e. The maximum absolute atomic E-state index is 5.42. The Balaban J connectivity index is 1.93. The fourth-order valence-corrected chi connectivity index (χ4v) is 1.74. The molecule has 1 aromatic rings. The average molecular weight is 211 g/mol. The van der Waals surface area contributed by atoms with E-state index in [0.29, 0.717) is 12.5 Å². The van der Waals surface area contributed by atoms with Gasteiger partial charge in [-0.25, -0.2) is 0 Å². The number of hydrogen-bond acceptors (Lipinski definition) is 5. The van der Waals surface area contributed by atoms with Gasteiger partial charge in [0, 0.05) is 25.6 Å². The Morgan fingerprint density at radius 2 is 2.13 bits per heavy atom. The second-order valence-electron chi connectivity index (χ2n) is 3.83. The summed E-state index contributed by atoms with van der Waals surface area (Å²) in [6.45, 7) is 2.26. The highest BCUT2D eigenvalue weighted by atomic mass is 16.5. The standard InChI is InChI=1S/C10H17N3O2/c11-5-1-2-9-12-10(15-13-9)8-3-6-14-7-4-8/h8H,1-7,11H2. The van der Waals surface area contributed by atoms with Gasteiger partial charge < -0.3 is 15.0 Å². The van der Waals surface area contributed by atoms with Crippen LogP contribution in [0.15, 0.2) is 4.52 Å². The number of rotatable bonds is 4. The summed E-state index contributed by atoms with van der Waals surface area (Å²) >= 11 is 0. The molecular formula is C10H17N3O2. The Kier molecular flexibility index (Phi) is 3.69. The smallest absolute Gasteiger partial charge is 0.229 e. The van der Waals surface area contributed by atoms with E-state index in [1.165, 1.54) is 0 Å². The molecule has 1 fully saturated rings. The lowest BCUT2D eigenvalue weighted by Crippen LogP contribution is -2.14. The molecule has 0 aromatic carbocycles. The van der Waals surface area contributed by atoms with Gasteiger partial charge in [-0.05, 0) is 25.8 Å². The summed E-state index contributed by atoms with van der Waals surface area (Å²) in [5.41, 5.74) is 5.42. The molecule has 1 aromatic heterocycles. The SMILES string of the molecule is NCCCc1noc(C2CCOCC2)n1. The fourth-order valence-electron chi connectivity index (χ4n) is 1.74. The van der Waals surface area contributed by atoms with Crippen LogP contribution in [0.25, 0.3) is 0 Å². The van der Waals surface area contributed by atoms with Gasteiger partial charge in [0.1, 0.15) is 0 Å². The van der Waals surface area contributed by atoms with Crippen LogP contribution in [-0.2, 0) is 11.2 Å². The number of hydrogen-bond donors (Lipinski definition) is 1. The topological polar surface area (TPSA) is 74.2 Å². The summed E-state index contributed by atoms with van der Waals surface area (Å²) in [7, 11) is 0. The molecular weight excluding hydrogens is 194 g/mol. The zero-order valence-electron chi connectivity index (χ0n) is 8.82. The van der Waals surface area contributed by atoms with E-state index in [-0.39, 0.29) is 0 Å². The predicted octanol–water partition coefficient (Wildman–Crippen LogP) is 0.855. The summed E-state index contributed by atoms with van der Waals surface area (Å²) < 4.78 is 10.5. The maximum atomic E-state index is 5.42. The van der Waals surface area contributed by atoms with E-state index >= 15 is 0 Å². The highest BCUT2D eigenvalue weighted by Crippen LogP contribution is 2.25. The van der Waals surface area contributed by atoms with Crippen LogP contribution in [-0.4, -0.2) is 29.9 Å². The minimum absolute atomic E-state index is 0.387. The predicted molar refractivity (Wildman–Crippen MR) is 54.5 cm³/mol. The highest BCUT2D eigenvalue weighted by molar-refractivity contribution is 4.95. The van der Waals surface area contributed by atoms with E-state index in [1.54, 1.807) is 0 Å². The third-order valence-electron chi connectivity index (χ3n) is 2.66. The van der Waals surface area contributed by atoms with Crippen LogP contribution in [0.5, 0.6) is 0 Å². The van der Waals surface area contributed by atoms with E-state index in [1.807, 2.05) is 0 Å². The lowest BCUT2D eigenvalue weighted by atomic mass is 10.0. The minimum Gasteiger partial charge on any atom is -0.381 e. The Bertz CT molecular complexity index is 295. The van der Waals surface area contributed by atoms with Crippen molar-refractivity contribution in [1.29, 1.82) is 0 Å². The van der Waals surface area contributed by atoms with Gasteiger partial charge in [-0.3, -0.25) is 0 Å². The Morgan fingerprint density at radius 1 is 1.33 bits per heavy atom. The molecule has 0 atom stereocenters. The lowest BCUT2D eigenvalue weighted by Gasteiger charge is -2.17. The van der Waals surface area contributed by atoms with Gasteiger partial charge >= 0.3 is 0 Å². The quantitative estimate of drug-likeness (QED) is 0.799. The molecule has 84 valence electrons. The number of nitrogens with two attached hydrogens (primary N) is 1. The van der Waals surface area contributed by atoms with E-state index in [4.69, 9.17) is 15.0 Å². The zero-order chi connectivity index (χ0) is 10.5. The monoisotopic (exact) mass is 211 g/mol. The first-order valence-electron chi connectivity index (χ1n) is 5.50. The van der Waals surface area contributed by atoms with Crippen LogP contribution in [0.1, 0.15) is 36.9 Å². The Morgan fingerprint density at radius 3 is 2.87 bits per heavy atom. The Labute approximate surface area is 89.0 Å². The molecule has 2 heterocycles. The van der Waals surface area contributed by atoms with E-state index in [9.17, 15) is 0 Å². The van der Waals surface area contributed by atoms with Crippen LogP contribution in [0.4, 0.5) is 0 Å². The molecule has 0 saturated carbocycles. The summed E-state index contributed by atoms with van der Waals surface area (Å²) in [5.74, 6) is 1.94. The molecule has 5 heteroatoms. The lowest BCUT2D eigenvalue weighted by molar-refractivity contribution is 0.0778. The van der Waals surface area contributed by atoms with E-state index in [2.05, 4.69) is 10.1 Å². The molecule has 0 radical (unpaired) electrons. The number of nitrogens with zero attached hydrogens (tertiary/aromatic N) is 2. The van der Waals surface area contributed by atoms with Crippen molar-refractivity contribution in [3.05, 3.63) is 11.7 Å². The van der Waals surface area contributed by atoms with Gasteiger partial charge in [-0.15, -0.1) is 0 Å². The van der Waals surface area contributed by atoms with Crippen LogP contribution >= 0.6 is 0 Å². The van der Waals surface area contributed by atoms with Crippen molar-refractivity contribution < 1.29 is 9.26 Å². The van der Waals surface area contributed by atoms with Crippen LogP contribution in [0, 0.1) is 0 Å². The summed E-state index contributed by atoms with van der Waals surface area (Å²) in [6.07, 6.45) is 3.69. The third-order valence-corrected chi connectivity index (χ3v) is 2.66. The molecule has 0 spiro atoms. The van der Waals surface area contributed by atoms with Gasteiger partial charge in [0.2, 0.25) is 5.89 Å². The van der Waals surface area contributed by atoms with Crippen molar-refractivity contribution in [2.45, 2.75) is 31.6 Å². The number of ether oxygens (including phenoxy) is 1. The van der Waals surface area contributed by atoms with Gasteiger partial charge in [-0.2, -0.15) is 4.98 Å². The maximum Gasteiger partial charge on any atom is 0.229 e. The molecule has 15 heavy (non-hydrogen) atoms. The van der Waals surface area contributed by atoms with Crippen molar-refractivity contribution in [3.8, 4) is 0 Å². The van der Waals surface area contributed by atoms with Crippen LogP contribution < -0.4 is 5.73 Å². The summed E-state index contributed by atoms with van der Waals surface area (Å²) in [5, 5.41) is 3.95. The third kappa shape index (κ3) is 2.76. The molecule has 2 N–H and O–H groups in total. The molecule has 5 nitrogen and oxygen atoms in total. The van der Waals surface area contributed by atoms with Crippen LogP contribution in [0.2, 0.25) is 0 Å². The second-order valence-corrected chi connectivity index (χ2v) is 3.83. The van der Waals surface area contributed by atoms with Crippen molar-refractivity contribution in [2.24, 2.45) is 5.73 Å². The zero-order valence-corrected chi connectivity index (χ0v) is 8.82. The number of aryl methyl sites for hydroxylation is 1. The minimum atomic E-state index is 0.387. The van der Waals surface area contributed by atoms with Gasteiger partial charge in [0.15, 0.2) is 5.82 Å². The molecule has 0 amide bonds. The molecule has 1 saturated heterocycles. The summed E-state index contributed by atoms with van der Waals surface area (Å²) in [4.78, 5) is 4.38. The fraction of sp³-hybridized carbons (Fsp3) is 0.800. The molecule has 0 aliphatic carbocycles. The normalized spacial score (nSPS) is 18.2. The van der Waals surface area contributed by atoms with E-state index < -0.39 is 0 Å². The second kappa shape index (κ2) is 5.23. The first-order chi connectivity index (χ1) is 7.40. The van der Waals surface area contributed by atoms with Crippen molar-refractivity contribution in [3.63, 3.8) is 0 Å². The average Bonchev–Trinajstić information content (AvgIpc) is 2.76. The van der Waals surface area contributed by atoms with Crippen molar-refractivity contribution >= 4 is 0 Å². The molecule has 0 bridgehead atoms. The van der Waals surface area contributed by atoms with E-state index in [0.717, 1.165) is 50.6 Å². The van der Waals surface area contributed by atoms with Crippen molar-refractivity contribution in [1.82, 2.24) is 10.1 Å². The van der Waals surface area contributed by atoms with Crippen LogP contribution in [0.3, 0.4) is 0 Å². The first-order valence-corrected chi connectivity index (χ1v) is 5.50. The van der Waals surface area contributed by atoms with Gasteiger partial charge in [-0.1, -0.05) is 5.16 Å².